The van der Waals surface area contributed by atoms with Crippen LogP contribution in [-0.2, 0) is 4.79 Å². The van der Waals surface area contributed by atoms with Crippen molar-refractivity contribution in [3.63, 3.8) is 0 Å². The zero-order valence-electron chi connectivity index (χ0n) is 20.0. The summed E-state index contributed by atoms with van der Waals surface area (Å²) in [6.45, 7) is 2.80. The molecule has 1 unspecified atom stereocenters. The first-order valence-corrected chi connectivity index (χ1v) is 12.7. The molecule has 0 aliphatic rings. The Hall–Kier alpha value is -3.97. The smallest absolute Gasteiger partial charge is 0.291 e. The molecule has 2 N–H and O–H groups in total. The van der Waals surface area contributed by atoms with E-state index in [1.165, 1.54) is 18.0 Å². The standard InChI is InChI=1S/C29H28N2O4S/c1-2-3-18-34-24-16-14-22(15-17-24)30-29(33)27(21-9-5-4-6-10-21)36-25-12-7-11-23(20-25)31-28(32)26-13-8-19-35-26/h4-17,19-20,27H,2-3,18H2,1H3,(H,30,33)(H,31,32). The lowest BCUT2D eigenvalue weighted by Crippen LogP contribution is -2.19. The second kappa shape index (κ2) is 12.7. The molecule has 1 atom stereocenters. The molecule has 3 aromatic carbocycles. The average Bonchev–Trinajstić information content (AvgIpc) is 3.45. The fraction of sp³-hybridized carbons (Fsp3) is 0.172. The first kappa shape index (κ1) is 25.1. The number of unbranched alkanes of at least 4 members (excludes halogenated alkanes) is 1. The maximum absolute atomic E-state index is 13.4. The third-order valence-corrected chi connectivity index (χ3v) is 6.57. The van der Waals surface area contributed by atoms with Crippen LogP contribution >= 0.6 is 11.8 Å². The molecule has 36 heavy (non-hydrogen) atoms. The first-order valence-electron chi connectivity index (χ1n) is 11.8. The summed E-state index contributed by atoms with van der Waals surface area (Å²) in [5, 5.41) is 5.36. The number of furan rings is 1. The van der Waals surface area contributed by atoms with Gasteiger partial charge >= 0.3 is 0 Å². The second-order valence-electron chi connectivity index (χ2n) is 8.08. The van der Waals surface area contributed by atoms with Gasteiger partial charge in [-0.25, -0.2) is 0 Å². The van der Waals surface area contributed by atoms with Crippen LogP contribution in [0.4, 0.5) is 11.4 Å². The van der Waals surface area contributed by atoms with E-state index in [-0.39, 0.29) is 17.6 Å². The van der Waals surface area contributed by atoms with Crippen LogP contribution in [0.2, 0.25) is 0 Å². The number of hydrogen-bond donors (Lipinski definition) is 2. The lowest BCUT2D eigenvalue weighted by molar-refractivity contribution is -0.115. The van der Waals surface area contributed by atoms with Gasteiger partial charge in [-0.05, 0) is 66.6 Å². The third kappa shape index (κ3) is 7.02. The Morgan fingerprint density at radius 3 is 2.42 bits per heavy atom. The van der Waals surface area contributed by atoms with Gasteiger partial charge in [0.1, 0.15) is 11.0 Å². The molecule has 1 aromatic heterocycles. The Morgan fingerprint density at radius 1 is 0.889 bits per heavy atom. The molecule has 0 saturated heterocycles. The van der Waals surface area contributed by atoms with E-state index in [9.17, 15) is 9.59 Å². The minimum atomic E-state index is -0.497. The van der Waals surface area contributed by atoms with Gasteiger partial charge in [0, 0.05) is 16.3 Å². The number of rotatable bonds is 11. The topological polar surface area (TPSA) is 80.6 Å². The van der Waals surface area contributed by atoms with Gasteiger partial charge in [-0.2, -0.15) is 0 Å². The lowest BCUT2D eigenvalue weighted by atomic mass is 10.1. The van der Waals surface area contributed by atoms with Gasteiger partial charge < -0.3 is 19.8 Å². The summed E-state index contributed by atoms with van der Waals surface area (Å²) in [6, 6.07) is 27.7. The number of anilines is 2. The molecule has 0 saturated carbocycles. The molecule has 7 heteroatoms. The van der Waals surface area contributed by atoms with Crippen molar-refractivity contribution in [2.24, 2.45) is 0 Å². The molecule has 0 fully saturated rings. The van der Waals surface area contributed by atoms with Crippen molar-refractivity contribution in [2.45, 2.75) is 29.9 Å². The SMILES string of the molecule is CCCCOc1ccc(NC(=O)C(Sc2cccc(NC(=O)c3ccco3)c2)c2ccccc2)cc1. The number of thioether (sulfide) groups is 1. The molecule has 1 heterocycles. The molecule has 0 spiro atoms. The van der Waals surface area contributed by atoms with Crippen LogP contribution in [-0.4, -0.2) is 18.4 Å². The van der Waals surface area contributed by atoms with Crippen LogP contribution in [0, 0.1) is 0 Å². The molecule has 0 bridgehead atoms. The van der Waals surface area contributed by atoms with E-state index in [1.54, 1.807) is 18.2 Å². The van der Waals surface area contributed by atoms with Crippen LogP contribution < -0.4 is 15.4 Å². The zero-order valence-corrected chi connectivity index (χ0v) is 20.8. The van der Waals surface area contributed by atoms with E-state index >= 15 is 0 Å². The molecule has 4 rings (SSSR count). The number of carbonyl (C=O) groups excluding carboxylic acids is 2. The predicted octanol–water partition coefficient (Wildman–Crippen LogP) is 7.18. The molecule has 0 radical (unpaired) electrons. The van der Waals surface area contributed by atoms with Crippen LogP contribution in [0.15, 0.2) is 107 Å². The Kier molecular flexibility index (Phi) is 8.83. The van der Waals surface area contributed by atoms with Gasteiger partial charge in [0.05, 0.1) is 12.9 Å². The normalized spacial score (nSPS) is 11.5. The Labute approximate surface area is 215 Å². The Balaban J connectivity index is 1.47. The van der Waals surface area contributed by atoms with Gasteiger partial charge in [-0.15, -0.1) is 11.8 Å². The van der Waals surface area contributed by atoms with Crippen molar-refractivity contribution in [3.8, 4) is 5.75 Å². The van der Waals surface area contributed by atoms with Crippen LogP contribution in [0.25, 0.3) is 0 Å². The highest BCUT2D eigenvalue weighted by atomic mass is 32.2. The van der Waals surface area contributed by atoms with E-state index in [4.69, 9.17) is 9.15 Å². The quantitative estimate of drug-likeness (QED) is 0.168. The van der Waals surface area contributed by atoms with Gasteiger partial charge in [0.25, 0.3) is 5.91 Å². The van der Waals surface area contributed by atoms with Crippen LogP contribution in [0.5, 0.6) is 5.75 Å². The van der Waals surface area contributed by atoms with Crippen molar-refractivity contribution in [1.29, 1.82) is 0 Å². The second-order valence-corrected chi connectivity index (χ2v) is 9.26. The largest absolute Gasteiger partial charge is 0.494 e. The van der Waals surface area contributed by atoms with Crippen molar-refractivity contribution in [1.82, 2.24) is 0 Å². The minimum Gasteiger partial charge on any atom is -0.494 e. The summed E-state index contributed by atoms with van der Waals surface area (Å²) >= 11 is 1.41. The molecule has 184 valence electrons. The number of hydrogen-bond acceptors (Lipinski definition) is 5. The third-order valence-electron chi connectivity index (χ3n) is 5.32. The van der Waals surface area contributed by atoms with E-state index in [2.05, 4.69) is 17.6 Å². The van der Waals surface area contributed by atoms with E-state index in [0.29, 0.717) is 18.0 Å². The summed E-state index contributed by atoms with van der Waals surface area (Å²) < 4.78 is 10.9. The highest BCUT2D eigenvalue weighted by Crippen LogP contribution is 2.37. The molecule has 0 aliphatic heterocycles. The molecule has 4 aromatic rings. The fourth-order valence-electron chi connectivity index (χ4n) is 3.46. The predicted molar refractivity (Wildman–Crippen MR) is 144 cm³/mol. The van der Waals surface area contributed by atoms with E-state index in [1.807, 2.05) is 72.8 Å². The summed E-state index contributed by atoms with van der Waals surface area (Å²) in [5.41, 5.74) is 2.20. The highest BCUT2D eigenvalue weighted by molar-refractivity contribution is 8.00. The minimum absolute atomic E-state index is 0.143. The zero-order chi connectivity index (χ0) is 25.2. The molecular formula is C29H28N2O4S. The number of amides is 2. The summed E-state index contributed by atoms with van der Waals surface area (Å²) in [6.07, 6.45) is 3.53. The number of nitrogens with one attached hydrogen (secondary N) is 2. The van der Waals surface area contributed by atoms with Gasteiger partial charge in [0.2, 0.25) is 5.91 Å². The van der Waals surface area contributed by atoms with Gasteiger partial charge in [-0.1, -0.05) is 49.7 Å². The van der Waals surface area contributed by atoms with Crippen molar-refractivity contribution < 1.29 is 18.7 Å². The molecular weight excluding hydrogens is 472 g/mol. The Bertz CT molecular complexity index is 1260. The fourth-order valence-corrected chi connectivity index (χ4v) is 4.54. The van der Waals surface area contributed by atoms with Crippen molar-refractivity contribution >= 4 is 35.0 Å². The highest BCUT2D eigenvalue weighted by Gasteiger charge is 2.22. The average molecular weight is 501 g/mol. The summed E-state index contributed by atoms with van der Waals surface area (Å²) in [7, 11) is 0. The van der Waals surface area contributed by atoms with Crippen LogP contribution in [0.3, 0.4) is 0 Å². The lowest BCUT2D eigenvalue weighted by Gasteiger charge is -2.18. The monoisotopic (exact) mass is 500 g/mol. The van der Waals surface area contributed by atoms with E-state index in [0.717, 1.165) is 29.1 Å². The first-order chi connectivity index (χ1) is 17.6. The number of ether oxygens (including phenoxy) is 1. The molecule has 2 amide bonds. The van der Waals surface area contributed by atoms with Crippen molar-refractivity contribution in [3.05, 3.63) is 109 Å². The Morgan fingerprint density at radius 2 is 1.69 bits per heavy atom. The van der Waals surface area contributed by atoms with E-state index < -0.39 is 5.25 Å². The van der Waals surface area contributed by atoms with Crippen LogP contribution in [0.1, 0.15) is 41.1 Å². The maximum atomic E-state index is 13.4. The molecule has 0 aliphatic carbocycles. The molecule has 6 nitrogen and oxygen atoms in total. The number of benzene rings is 3. The maximum Gasteiger partial charge on any atom is 0.291 e. The summed E-state index contributed by atoms with van der Waals surface area (Å²) in [5.74, 6) is 0.540. The van der Waals surface area contributed by atoms with Crippen molar-refractivity contribution in [2.75, 3.05) is 17.2 Å². The van der Waals surface area contributed by atoms with Gasteiger partial charge in [-0.3, -0.25) is 9.59 Å². The number of carbonyl (C=O) groups is 2. The van der Waals surface area contributed by atoms with Gasteiger partial charge in [0.15, 0.2) is 5.76 Å². The summed E-state index contributed by atoms with van der Waals surface area (Å²) in [4.78, 5) is 26.6.